The molecule has 0 saturated carbocycles. The molecule has 78 valence electrons. The number of nitrogens with one attached hydrogen (secondary N) is 1. The van der Waals surface area contributed by atoms with Gasteiger partial charge in [0.1, 0.15) is 0 Å². The van der Waals surface area contributed by atoms with Gasteiger partial charge in [-0.3, -0.25) is 0 Å². The summed E-state index contributed by atoms with van der Waals surface area (Å²) in [6.07, 6.45) is 4.22. The fraction of sp³-hybridized carbons (Fsp3) is 0.500. The Labute approximate surface area is 90.9 Å². The number of hydrogen-bond acceptors (Lipinski definition) is 2. The van der Waals surface area contributed by atoms with E-state index in [4.69, 9.17) is 0 Å². The molecule has 1 aromatic rings. The molecular formula is C12H19NS. The maximum Gasteiger partial charge on any atom is 0.0333 e. The van der Waals surface area contributed by atoms with Crippen molar-refractivity contribution in [3.63, 3.8) is 0 Å². The molecule has 0 radical (unpaired) electrons. The summed E-state index contributed by atoms with van der Waals surface area (Å²) in [4.78, 5) is 0. The molecule has 0 aromatic carbocycles. The lowest BCUT2D eigenvalue weighted by Gasteiger charge is -2.17. The Morgan fingerprint density at radius 3 is 2.86 bits per heavy atom. The summed E-state index contributed by atoms with van der Waals surface area (Å²) in [5.41, 5.74) is 2.86. The summed E-state index contributed by atoms with van der Waals surface area (Å²) in [5.74, 6) is 0. The molecule has 0 spiro atoms. The van der Waals surface area contributed by atoms with Crippen LogP contribution in [0.2, 0.25) is 0 Å². The van der Waals surface area contributed by atoms with Gasteiger partial charge in [-0.15, -0.1) is 6.58 Å². The third kappa shape index (κ3) is 2.96. The van der Waals surface area contributed by atoms with Crippen molar-refractivity contribution < 1.29 is 0 Å². The van der Waals surface area contributed by atoms with Crippen LogP contribution in [0.3, 0.4) is 0 Å². The van der Waals surface area contributed by atoms with E-state index in [1.165, 1.54) is 11.1 Å². The zero-order chi connectivity index (χ0) is 10.4. The van der Waals surface area contributed by atoms with E-state index in [2.05, 4.69) is 36.5 Å². The van der Waals surface area contributed by atoms with Gasteiger partial charge in [-0.2, -0.15) is 11.3 Å². The first-order valence-electron chi connectivity index (χ1n) is 5.16. The van der Waals surface area contributed by atoms with E-state index >= 15 is 0 Å². The molecule has 0 aliphatic heterocycles. The maximum atomic E-state index is 3.77. The molecular weight excluding hydrogens is 190 g/mol. The van der Waals surface area contributed by atoms with E-state index in [0.29, 0.717) is 6.04 Å². The van der Waals surface area contributed by atoms with E-state index in [1.807, 2.05) is 6.08 Å². The monoisotopic (exact) mass is 209 g/mol. The highest BCUT2D eigenvalue weighted by atomic mass is 32.1. The molecule has 0 saturated heterocycles. The largest absolute Gasteiger partial charge is 0.310 e. The summed E-state index contributed by atoms with van der Waals surface area (Å²) in [7, 11) is 0. The van der Waals surface area contributed by atoms with Gasteiger partial charge in [-0.1, -0.05) is 13.0 Å². The van der Waals surface area contributed by atoms with Crippen LogP contribution in [0, 0.1) is 6.92 Å². The molecule has 0 bridgehead atoms. The Morgan fingerprint density at radius 1 is 1.57 bits per heavy atom. The van der Waals surface area contributed by atoms with Crippen LogP contribution in [0.5, 0.6) is 0 Å². The van der Waals surface area contributed by atoms with E-state index in [9.17, 15) is 0 Å². The molecule has 1 N–H and O–H groups in total. The minimum Gasteiger partial charge on any atom is -0.310 e. The normalized spacial score (nSPS) is 12.7. The van der Waals surface area contributed by atoms with Gasteiger partial charge in [-0.25, -0.2) is 0 Å². The van der Waals surface area contributed by atoms with Crippen LogP contribution in [-0.4, -0.2) is 6.54 Å². The van der Waals surface area contributed by atoms with Gasteiger partial charge in [0, 0.05) is 6.04 Å². The van der Waals surface area contributed by atoms with E-state index in [-0.39, 0.29) is 0 Å². The number of hydrogen-bond donors (Lipinski definition) is 1. The van der Waals surface area contributed by atoms with E-state index < -0.39 is 0 Å². The fourth-order valence-corrected chi connectivity index (χ4v) is 2.53. The van der Waals surface area contributed by atoms with E-state index in [1.54, 1.807) is 11.3 Å². The smallest absolute Gasteiger partial charge is 0.0333 e. The lowest BCUT2D eigenvalue weighted by molar-refractivity contribution is 0.519. The van der Waals surface area contributed by atoms with Gasteiger partial charge in [0.15, 0.2) is 0 Å². The number of rotatable bonds is 6. The Bertz CT molecular complexity index is 278. The minimum absolute atomic E-state index is 0.504. The Balaban J connectivity index is 2.66. The molecule has 1 nitrogen and oxygen atoms in total. The van der Waals surface area contributed by atoms with Crippen molar-refractivity contribution >= 4 is 11.3 Å². The highest BCUT2D eigenvalue weighted by Crippen LogP contribution is 2.25. The second kappa shape index (κ2) is 5.99. The van der Waals surface area contributed by atoms with Crippen molar-refractivity contribution in [2.75, 3.05) is 6.54 Å². The van der Waals surface area contributed by atoms with Crippen molar-refractivity contribution in [1.82, 2.24) is 5.32 Å². The van der Waals surface area contributed by atoms with Crippen LogP contribution in [0.4, 0.5) is 0 Å². The predicted molar refractivity (Wildman–Crippen MR) is 64.9 cm³/mol. The quantitative estimate of drug-likeness (QED) is 0.705. The molecule has 0 aliphatic rings. The van der Waals surface area contributed by atoms with Crippen LogP contribution in [-0.2, 0) is 0 Å². The van der Waals surface area contributed by atoms with Gasteiger partial charge in [0.2, 0.25) is 0 Å². The standard InChI is InChI=1S/C12H19NS/c1-4-6-7-12(13-5-2)11-9-14-8-10(11)3/h4,8-9,12-13H,1,5-7H2,2-3H3. The van der Waals surface area contributed by atoms with Crippen LogP contribution < -0.4 is 5.32 Å². The molecule has 1 rings (SSSR count). The molecule has 1 aromatic heterocycles. The topological polar surface area (TPSA) is 12.0 Å². The highest BCUT2D eigenvalue weighted by Gasteiger charge is 2.11. The van der Waals surface area contributed by atoms with Crippen LogP contribution in [0.25, 0.3) is 0 Å². The zero-order valence-corrected chi connectivity index (χ0v) is 9.86. The molecule has 0 amide bonds. The SMILES string of the molecule is C=CCCC(NCC)c1cscc1C. The predicted octanol–water partition coefficient (Wildman–Crippen LogP) is 3.67. The molecule has 2 heteroatoms. The van der Waals surface area contributed by atoms with Gasteiger partial charge < -0.3 is 5.32 Å². The summed E-state index contributed by atoms with van der Waals surface area (Å²) < 4.78 is 0. The average molecular weight is 209 g/mol. The molecule has 0 aliphatic carbocycles. The van der Waals surface area contributed by atoms with Crippen molar-refractivity contribution in [2.45, 2.75) is 32.7 Å². The molecule has 14 heavy (non-hydrogen) atoms. The van der Waals surface area contributed by atoms with Gasteiger partial charge in [0.25, 0.3) is 0 Å². The Kier molecular flexibility index (Phi) is 4.91. The van der Waals surface area contributed by atoms with Crippen molar-refractivity contribution in [2.24, 2.45) is 0 Å². The average Bonchev–Trinajstić information content (AvgIpc) is 2.59. The van der Waals surface area contributed by atoms with Gasteiger partial charge in [-0.05, 0) is 48.2 Å². The highest BCUT2D eigenvalue weighted by molar-refractivity contribution is 7.08. The zero-order valence-electron chi connectivity index (χ0n) is 9.05. The molecule has 1 heterocycles. The lowest BCUT2D eigenvalue weighted by Crippen LogP contribution is -2.20. The van der Waals surface area contributed by atoms with Crippen molar-refractivity contribution in [3.05, 3.63) is 34.5 Å². The van der Waals surface area contributed by atoms with Gasteiger partial charge >= 0.3 is 0 Å². The Hall–Kier alpha value is -0.600. The van der Waals surface area contributed by atoms with E-state index in [0.717, 1.165) is 19.4 Å². The van der Waals surface area contributed by atoms with Crippen LogP contribution in [0.15, 0.2) is 23.4 Å². The number of aryl methyl sites for hydroxylation is 1. The lowest BCUT2D eigenvalue weighted by atomic mass is 10.0. The molecule has 0 fully saturated rings. The second-order valence-electron chi connectivity index (χ2n) is 3.49. The first-order valence-corrected chi connectivity index (χ1v) is 6.10. The van der Waals surface area contributed by atoms with Crippen molar-refractivity contribution in [1.29, 1.82) is 0 Å². The summed E-state index contributed by atoms with van der Waals surface area (Å²) >= 11 is 1.79. The van der Waals surface area contributed by atoms with Crippen LogP contribution in [0.1, 0.15) is 36.9 Å². The summed E-state index contributed by atoms with van der Waals surface area (Å²) in [5, 5.41) is 7.99. The summed E-state index contributed by atoms with van der Waals surface area (Å²) in [6, 6.07) is 0.504. The molecule has 1 atom stereocenters. The third-order valence-electron chi connectivity index (χ3n) is 2.38. The molecule has 1 unspecified atom stereocenters. The summed E-state index contributed by atoms with van der Waals surface area (Å²) in [6.45, 7) is 9.14. The third-order valence-corrected chi connectivity index (χ3v) is 3.26. The maximum absolute atomic E-state index is 3.77. The number of thiophene rings is 1. The first kappa shape index (κ1) is 11.5. The second-order valence-corrected chi connectivity index (χ2v) is 4.23. The number of allylic oxidation sites excluding steroid dienone is 1. The first-order chi connectivity index (χ1) is 6.79. The van der Waals surface area contributed by atoms with Crippen molar-refractivity contribution in [3.8, 4) is 0 Å². The minimum atomic E-state index is 0.504. The van der Waals surface area contributed by atoms with Gasteiger partial charge in [0.05, 0.1) is 0 Å². The Morgan fingerprint density at radius 2 is 2.36 bits per heavy atom. The van der Waals surface area contributed by atoms with Crippen LogP contribution >= 0.6 is 11.3 Å². The fourth-order valence-electron chi connectivity index (χ4n) is 1.63.